The molecule has 1 saturated heterocycles. The number of likely N-dealkylation sites (tertiary alicyclic amines) is 1. The van der Waals surface area contributed by atoms with Gasteiger partial charge in [-0.25, -0.2) is 0 Å². The van der Waals surface area contributed by atoms with Crippen LogP contribution in [0.15, 0.2) is 0 Å². The molecule has 0 aromatic carbocycles. The molecule has 0 aromatic rings. The molecule has 0 radical (unpaired) electrons. The fourth-order valence-electron chi connectivity index (χ4n) is 2.84. The summed E-state index contributed by atoms with van der Waals surface area (Å²) in [7, 11) is 0. The highest BCUT2D eigenvalue weighted by Gasteiger charge is 2.30. The molecule has 0 aliphatic carbocycles. The summed E-state index contributed by atoms with van der Waals surface area (Å²) < 4.78 is 0. The van der Waals surface area contributed by atoms with Crippen molar-refractivity contribution in [1.29, 1.82) is 0 Å². The predicted molar refractivity (Wildman–Crippen MR) is 69.9 cm³/mol. The third kappa shape index (κ3) is 4.07. The first kappa shape index (κ1) is 14.7. The predicted octanol–water partition coefficient (Wildman–Crippen LogP) is 2.09. The zero-order chi connectivity index (χ0) is 12.7. The fraction of sp³-hybridized carbons (Fsp3) is 0.929. The van der Waals surface area contributed by atoms with Crippen LogP contribution in [0, 0.1) is 11.3 Å². The van der Waals surface area contributed by atoms with Crippen LogP contribution in [0.4, 0.5) is 0 Å². The number of carbonyl (C=O) groups is 1. The molecule has 0 bridgehead atoms. The molecule has 0 saturated carbocycles. The van der Waals surface area contributed by atoms with E-state index in [4.69, 9.17) is 5.11 Å². The Morgan fingerprint density at radius 2 is 2.12 bits per heavy atom. The summed E-state index contributed by atoms with van der Waals surface area (Å²) in [5.74, 6) is 0.617. The Hall–Kier alpha value is -0.410. The Morgan fingerprint density at radius 3 is 2.65 bits per heavy atom. The average molecular weight is 241 g/mol. The van der Waals surface area contributed by atoms with Gasteiger partial charge in [0.1, 0.15) is 6.29 Å². The van der Waals surface area contributed by atoms with Gasteiger partial charge in [0.25, 0.3) is 0 Å². The number of rotatable bonds is 7. The van der Waals surface area contributed by atoms with Gasteiger partial charge in [0.05, 0.1) is 0 Å². The first-order valence-electron chi connectivity index (χ1n) is 6.99. The van der Waals surface area contributed by atoms with Gasteiger partial charge in [-0.2, -0.15) is 0 Å². The second-order valence-corrected chi connectivity index (χ2v) is 5.44. The van der Waals surface area contributed by atoms with Crippen molar-refractivity contribution >= 4 is 6.29 Å². The molecule has 1 aliphatic heterocycles. The van der Waals surface area contributed by atoms with Crippen LogP contribution in [0.1, 0.15) is 46.0 Å². The molecular weight excluding hydrogens is 214 g/mol. The van der Waals surface area contributed by atoms with Crippen molar-refractivity contribution in [3.05, 3.63) is 0 Å². The van der Waals surface area contributed by atoms with Gasteiger partial charge in [0, 0.05) is 25.1 Å². The number of aliphatic hydroxyl groups is 1. The molecule has 1 aliphatic rings. The number of aldehydes is 1. The van der Waals surface area contributed by atoms with Crippen LogP contribution in [0.25, 0.3) is 0 Å². The number of aliphatic hydroxyl groups excluding tert-OH is 1. The number of hydrogen-bond donors (Lipinski definition) is 1. The second kappa shape index (κ2) is 7.12. The Kier molecular flexibility index (Phi) is 6.14. The zero-order valence-electron chi connectivity index (χ0n) is 11.3. The van der Waals surface area contributed by atoms with Crippen molar-refractivity contribution in [2.24, 2.45) is 11.3 Å². The monoisotopic (exact) mass is 241 g/mol. The maximum absolute atomic E-state index is 11.3. The van der Waals surface area contributed by atoms with Gasteiger partial charge in [-0.1, -0.05) is 13.8 Å². The number of nitrogens with zero attached hydrogens (tertiary/aromatic N) is 1. The minimum Gasteiger partial charge on any atom is -0.396 e. The molecule has 1 heterocycles. The van der Waals surface area contributed by atoms with E-state index in [1.54, 1.807) is 0 Å². The van der Waals surface area contributed by atoms with Crippen LogP contribution >= 0.6 is 0 Å². The maximum Gasteiger partial charge on any atom is 0.127 e. The molecule has 3 nitrogen and oxygen atoms in total. The standard InChI is InChI=1S/C14H27NO2/c1-3-14(4-2,12-17)11-15-8-5-6-13(10-15)7-9-16/h12-13,16H,3-11H2,1-2H3. The molecule has 0 spiro atoms. The van der Waals surface area contributed by atoms with E-state index < -0.39 is 0 Å². The van der Waals surface area contributed by atoms with Crippen molar-refractivity contribution in [1.82, 2.24) is 4.90 Å². The van der Waals surface area contributed by atoms with E-state index in [9.17, 15) is 4.79 Å². The normalized spacial score (nSPS) is 22.6. The molecule has 0 aromatic heterocycles. The maximum atomic E-state index is 11.3. The van der Waals surface area contributed by atoms with E-state index in [1.807, 2.05) is 0 Å². The number of piperidine rings is 1. The summed E-state index contributed by atoms with van der Waals surface area (Å²) in [6, 6.07) is 0. The van der Waals surface area contributed by atoms with Gasteiger partial charge in [-0.05, 0) is 44.6 Å². The number of carbonyl (C=O) groups excluding carboxylic acids is 1. The van der Waals surface area contributed by atoms with Gasteiger partial charge in [-0.15, -0.1) is 0 Å². The lowest BCUT2D eigenvalue weighted by atomic mass is 9.82. The Bertz CT molecular complexity index is 224. The van der Waals surface area contributed by atoms with Crippen molar-refractivity contribution < 1.29 is 9.90 Å². The largest absolute Gasteiger partial charge is 0.396 e. The molecule has 1 fully saturated rings. The summed E-state index contributed by atoms with van der Waals surface area (Å²) in [5, 5.41) is 9.00. The highest BCUT2D eigenvalue weighted by Crippen LogP contribution is 2.28. The minimum absolute atomic E-state index is 0.152. The summed E-state index contributed by atoms with van der Waals surface area (Å²) in [4.78, 5) is 13.7. The van der Waals surface area contributed by atoms with Gasteiger partial charge in [0.2, 0.25) is 0 Å². The van der Waals surface area contributed by atoms with Crippen molar-refractivity contribution in [2.75, 3.05) is 26.2 Å². The van der Waals surface area contributed by atoms with Gasteiger partial charge in [0.15, 0.2) is 0 Å². The van der Waals surface area contributed by atoms with Crippen LogP contribution in [-0.4, -0.2) is 42.5 Å². The van der Waals surface area contributed by atoms with E-state index in [0.717, 1.165) is 45.2 Å². The van der Waals surface area contributed by atoms with Gasteiger partial charge in [-0.3, -0.25) is 0 Å². The van der Waals surface area contributed by atoms with Gasteiger partial charge >= 0.3 is 0 Å². The van der Waals surface area contributed by atoms with Crippen LogP contribution in [0.5, 0.6) is 0 Å². The molecule has 1 unspecified atom stereocenters. The SMILES string of the molecule is CCC(C=O)(CC)CN1CCCC(CCO)C1. The minimum atomic E-state index is -0.152. The van der Waals surface area contributed by atoms with E-state index >= 15 is 0 Å². The quantitative estimate of drug-likeness (QED) is 0.694. The van der Waals surface area contributed by atoms with Crippen molar-refractivity contribution in [2.45, 2.75) is 46.0 Å². The molecule has 100 valence electrons. The van der Waals surface area contributed by atoms with Crippen LogP contribution in [0.3, 0.4) is 0 Å². The van der Waals surface area contributed by atoms with Crippen LogP contribution in [0.2, 0.25) is 0 Å². The van der Waals surface area contributed by atoms with E-state index in [0.29, 0.717) is 12.5 Å². The fourth-order valence-corrected chi connectivity index (χ4v) is 2.84. The average Bonchev–Trinajstić information content (AvgIpc) is 2.37. The molecule has 1 N–H and O–H groups in total. The van der Waals surface area contributed by atoms with E-state index in [1.165, 1.54) is 12.8 Å². The molecule has 0 amide bonds. The lowest BCUT2D eigenvalue weighted by molar-refractivity contribution is -0.118. The lowest BCUT2D eigenvalue weighted by Gasteiger charge is -2.38. The van der Waals surface area contributed by atoms with Crippen LogP contribution < -0.4 is 0 Å². The zero-order valence-corrected chi connectivity index (χ0v) is 11.3. The highest BCUT2D eigenvalue weighted by atomic mass is 16.3. The van der Waals surface area contributed by atoms with Crippen molar-refractivity contribution in [3.63, 3.8) is 0 Å². The van der Waals surface area contributed by atoms with Gasteiger partial charge < -0.3 is 14.8 Å². The third-order valence-electron chi connectivity index (χ3n) is 4.34. The molecule has 1 rings (SSSR count). The topological polar surface area (TPSA) is 40.5 Å². The first-order valence-corrected chi connectivity index (χ1v) is 6.99. The molecular formula is C14H27NO2. The Balaban J connectivity index is 2.51. The highest BCUT2D eigenvalue weighted by molar-refractivity contribution is 5.59. The number of hydrogen-bond acceptors (Lipinski definition) is 3. The van der Waals surface area contributed by atoms with Crippen molar-refractivity contribution in [3.8, 4) is 0 Å². The Labute approximate surface area is 105 Å². The molecule has 17 heavy (non-hydrogen) atoms. The smallest absolute Gasteiger partial charge is 0.127 e. The summed E-state index contributed by atoms with van der Waals surface area (Å²) in [5.41, 5.74) is -0.152. The summed E-state index contributed by atoms with van der Waals surface area (Å²) in [6.07, 6.45) is 6.34. The third-order valence-corrected chi connectivity index (χ3v) is 4.34. The Morgan fingerprint density at radius 1 is 1.41 bits per heavy atom. The summed E-state index contributed by atoms with van der Waals surface area (Å²) in [6.45, 7) is 7.55. The summed E-state index contributed by atoms with van der Waals surface area (Å²) >= 11 is 0. The van der Waals surface area contributed by atoms with E-state index in [-0.39, 0.29) is 5.41 Å². The first-order chi connectivity index (χ1) is 8.19. The second-order valence-electron chi connectivity index (χ2n) is 5.44. The molecule has 3 heteroatoms. The van der Waals surface area contributed by atoms with Crippen LogP contribution in [-0.2, 0) is 4.79 Å². The lowest BCUT2D eigenvalue weighted by Crippen LogP contribution is -2.43. The molecule has 1 atom stereocenters. The van der Waals surface area contributed by atoms with E-state index in [2.05, 4.69) is 18.7 Å².